The van der Waals surface area contributed by atoms with Crippen molar-refractivity contribution in [2.24, 2.45) is 0 Å². The topological polar surface area (TPSA) is 50.5 Å². The number of aliphatic hydroxyl groups is 1. The molecule has 0 spiro atoms. The summed E-state index contributed by atoms with van der Waals surface area (Å²) in [6.45, 7) is 5.00. The van der Waals surface area contributed by atoms with E-state index in [0.29, 0.717) is 6.54 Å². The molecule has 3 rings (SSSR count). The van der Waals surface area contributed by atoms with E-state index in [9.17, 15) is 5.11 Å². The summed E-state index contributed by atoms with van der Waals surface area (Å²) in [6.07, 6.45) is 7.13. The van der Waals surface area contributed by atoms with Crippen LogP contribution in [0.15, 0.2) is 48.8 Å². The number of likely N-dealkylation sites (tertiary alicyclic amines) is 1. The number of ether oxygens (including phenoxy) is 1. The molecule has 1 fully saturated rings. The smallest absolute Gasteiger partial charge is 0.157 e. The third-order valence-electron chi connectivity index (χ3n) is 4.01. The Kier molecular flexibility index (Phi) is 5.10. The lowest BCUT2D eigenvalue weighted by Crippen LogP contribution is -2.29. The second kappa shape index (κ2) is 7.44. The first-order chi connectivity index (χ1) is 11.2. The number of benzene rings is 1. The highest BCUT2D eigenvalue weighted by molar-refractivity contribution is 5.48. The van der Waals surface area contributed by atoms with Crippen molar-refractivity contribution in [2.45, 2.75) is 25.7 Å². The van der Waals surface area contributed by atoms with Crippen LogP contribution in [-0.4, -0.2) is 51.6 Å². The Bertz CT molecular complexity index is 639. The highest BCUT2D eigenvalue weighted by Gasteiger charge is 2.32. The normalized spacial score (nSPS) is 22.0. The third-order valence-corrected chi connectivity index (χ3v) is 4.01. The molecule has 23 heavy (non-hydrogen) atoms. The van der Waals surface area contributed by atoms with Gasteiger partial charge in [0.1, 0.15) is 12.2 Å². The second-order valence-electron chi connectivity index (χ2n) is 5.79. The Morgan fingerprint density at radius 1 is 1.30 bits per heavy atom. The van der Waals surface area contributed by atoms with Gasteiger partial charge in [-0.05, 0) is 12.5 Å². The maximum absolute atomic E-state index is 10.2. The van der Waals surface area contributed by atoms with E-state index in [2.05, 4.69) is 34.3 Å². The van der Waals surface area contributed by atoms with Crippen molar-refractivity contribution in [1.82, 2.24) is 14.7 Å². The highest BCUT2D eigenvalue weighted by Crippen LogP contribution is 2.18. The Morgan fingerprint density at radius 2 is 2.13 bits per heavy atom. The van der Waals surface area contributed by atoms with Gasteiger partial charge in [-0.1, -0.05) is 42.5 Å². The fourth-order valence-electron chi connectivity index (χ4n) is 2.75. The van der Waals surface area contributed by atoms with Crippen LogP contribution in [0.2, 0.25) is 0 Å². The number of rotatable bonds is 6. The van der Waals surface area contributed by atoms with Crippen molar-refractivity contribution in [3.8, 4) is 5.75 Å². The zero-order chi connectivity index (χ0) is 16.1. The van der Waals surface area contributed by atoms with Crippen LogP contribution in [0.25, 0.3) is 6.08 Å². The van der Waals surface area contributed by atoms with Crippen molar-refractivity contribution in [3.05, 3.63) is 54.4 Å². The average molecular weight is 313 g/mol. The monoisotopic (exact) mass is 313 g/mol. The third kappa shape index (κ3) is 4.21. The first-order valence-corrected chi connectivity index (χ1v) is 8.05. The molecule has 0 saturated carbocycles. The van der Waals surface area contributed by atoms with Crippen LogP contribution in [0.4, 0.5) is 0 Å². The molecule has 0 aliphatic carbocycles. The van der Waals surface area contributed by atoms with E-state index in [1.54, 1.807) is 6.20 Å². The van der Waals surface area contributed by atoms with E-state index < -0.39 is 6.10 Å². The standard InChI is InChI=1S/C18H23N3O2/c1-2-21-12-16(11-19-21)23-18-14-20(13-17(18)22)10-6-9-15-7-4-3-5-8-15/h3-9,11-12,17-18,22H,2,10,13-14H2,1H3/t17-,18-/m1/s1. The SMILES string of the molecule is CCn1cc(O[C@@H]2CN(CC=Cc3ccccc3)C[C@H]2O)cn1. The van der Waals surface area contributed by atoms with Crippen LogP contribution >= 0.6 is 0 Å². The molecular weight excluding hydrogens is 290 g/mol. The molecule has 2 heterocycles. The summed E-state index contributed by atoms with van der Waals surface area (Å²) in [5, 5.41) is 14.4. The van der Waals surface area contributed by atoms with E-state index in [-0.39, 0.29) is 6.10 Å². The van der Waals surface area contributed by atoms with Crippen molar-refractivity contribution in [1.29, 1.82) is 0 Å². The van der Waals surface area contributed by atoms with Crippen LogP contribution in [0.5, 0.6) is 5.75 Å². The van der Waals surface area contributed by atoms with Gasteiger partial charge in [-0.25, -0.2) is 0 Å². The van der Waals surface area contributed by atoms with Gasteiger partial charge < -0.3 is 9.84 Å². The van der Waals surface area contributed by atoms with Crippen LogP contribution in [-0.2, 0) is 6.54 Å². The zero-order valence-electron chi connectivity index (χ0n) is 13.4. The summed E-state index contributed by atoms with van der Waals surface area (Å²) >= 11 is 0. The summed E-state index contributed by atoms with van der Waals surface area (Å²) in [5.41, 5.74) is 1.19. The van der Waals surface area contributed by atoms with Gasteiger partial charge >= 0.3 is 0 Å². The van der Waals surface area contributed by atoms with Gasteiger partial charge in [0, 0.05) is 26.2 Å². The molecule has 2 atom stereocenters. The largest absolute Gasteiger partial charge is 0.483 e. The first kappa shape index (κ1) is 15.8. The number of β-amino-alcohol motifs (C(OH)–C–C–N with tert-alkyl or cyclic N) is 1. The number of aromatic nitrogens is 2. The molecule has 5 nitrogen and oxygen atoms in total. The number of hydrogen-bond donors (Lipinski definition) is 1. The fourth-order valence-corrected chi connectivity index (χ4v) is 2.75. The molecule has 1 saturated heterocycles. The van der Waals surface area contributed by atoms with Gasteiger partial charge in [-0.15, -0.1) is 0 Å². The summed E-state index contributed by atoms with van der Waals surface area (Å²) in [7, 11) is 0. The predicted molar refractivity (Wildman–Crippen MR) is 90.2 cm³/mol. The number of nitrogens with zero attached hydrogens (tertiary/aromatic N) is 3. The van der Waals surface area contributed by atoms with Crippen LogP contribution in [0.3, 0.4) is 0 Å². The van der Waals surface area contributed by atoms with E-state index in [4.69, 9.17) is 4.74 Å². The van der Waals surface area contributed by atoms with E-state index in [0.717, 1.165) is 25.4 Å². The molecule has 1 aliphatic heterocycles. The second-order valence-corrected chi connectivity index (χ2v) is 5.79. The van der Waals surface area contributed by atoms with Gasteiger partial charge in [0.2, 0.25) is 0 Å². The Labute approximate surface area is 136 Å². The maximum atomic E-state index is 10.2. The predicted octanol–water partition coefficient (Wildman–Crippen LogP) is 2.04. The summed E-state index contributed by atoms with van der Waals surface area (Å²) in [5.74, 6) is 0.720. The summed E-state index contributed by atoms with van der Waals surface area (Å²) in [6, 6.07) is 10.2. The lowest BCUT2D eigenvalue weighted by molar-refractivity contribution is 0.0736. The van der Waals surface area contributed by atoms with Crippen molar-refractivity contribution in [2.75, 3.05) is 19.6 Å². The maximum Gasteiger partial charge on any atom is 0.157 e. The van der Waals surface area contributed by atoms with Gasteiger partial charge in [-0.2, -0.15) is 5.10 Å². The Hall–Kier alpha value is -2.11. The molecule has 1 aromatic carbocycles. The van der Waals surface area contributed by atoms with Crippen molar-refractivity contribution < 1.29 is 9.84 Å². The van der Waals surface area contributed by atoms with Crippen LogP contribution < -0.4 is 4.74 Å². The lowest BCUT2D eigenvalue weighted by atomic mass is 10.2. The Morgan fingerprint density at radius 3 is 2.87 bits per heavy atom. The molecule has 1 aliphatic rings. The first-order valence-electron chi connectivity index (χ1n) is 8.05. The molecule has 122 valence electrons. The van der Waals surface area contributed by atoms with Crippen molar-refractivity contribution in [3.63, 3.8) is 0 Å². The zero-order valence-corrected chi connectivity index (χ0v) is 13.4. The Balaban J connectivity index is 1.51. The van der Waals surface area contributed by atoms with Gasteiger partial charge in [0.25, 0.3) is 0 Å². The average Bonchev–Trinajstić information content (AvgIpc) is 3.16. The van der Waals surface area contributed by atoms with Gasteiger partial charge in [0.15, 0.2) is 5.75 Å². The van der Waals surface area contributed by atoms with E-state index in [1.807, 2.05) is 36.0 Å². The van der Waals surface area contributed by atoms with E-state index >= 15 is 0 Å². The minimum atomic E-state index is -0.467. The quantitative estimate of drug-likeness (QED) is 0.887. The molecular formula is C18H23N3O2. The molecule has 0 unspecified atom stereocenters. The fraction of sp³-hybridized carbons (Fsp3) is 0.389. The molecule has 1 aromatic heterocycles. The van der Waals surface area contributed by atoms with Gasteiger partial charge in [-0.3, -0.25) is 9.58 Å². The van der Waals surface area contributed by atoms with Crippen LogP contribution in [0, 0.1) is 0 Å². The molecule has 0 radical (unpaired) electrons. The number of aryl methyl sites for hydroxylation is 1. The number of aliphatic hydroxyl groups excluding tert-OH is 1. The molecule has 5 heteroatoms. The highest BCUT2D eigenvalue weighted by atomic mass is 16.5. The number of hydrogen-bond acceptors (Lipinski definition) is 4. The molecule has 2 aromatic rings. The molecule has 1 N–H and O–H groups in total. The lowest BCUT2D eigenvalue weighted by Gasteiger charge is -2.15. The molecule has 0 bridgehead atoms. The van der Waals surface area contributed by atoms with Crippen LogP contribution in [0.1, 0.15) is 12.5 Å². The van der Waals surface area contributed by atoms with E-state index in [1.165, 1.54) is 5.56 Å². The van der Waals surface area contributed by atoms with Gasteiger partial charge in [0.05, 0.1) is 12.4 Å². The minimum absolute atomic E-state index is 0.199. The molecule has 0 amide bonds. The minimum Gasteiger partial charge on any atom is -0.483 e. The summed E-state index contributed by atoms with van der Waals surface area (Å²) < 4.78 is 7.68. The summed E-state index contributed by atoms with van der Waals surface area (Å²) in [4.78, 5) is 2.19. The van der Waals surface area contributed by atoms with Crippen molar-refractivity contribution >= 4 is 6.08 Å².